The van der Waals surface area contributed by atoms with Crippen LogP contribution < -0.4 is 5.32 Å². The van der Waals surface area contributed by atoms with Crippen molar-refractivity contribution < 1.29 is 5.11 Å². The van der Waals surface area contributed by atoms with Gasteiger partial charge in [0.1, 0.15) is 0 Å². The Morgan fingerprint density at radius 2 is 1.72 bits per heavy atom. The maximum absolute atomic E-state index is 8.72. The second-order valence-electron chi connectivity index (χ2n) is 5.31. The molecule has 0 atom stereocenters. The van der Waals surface area contributed by atoms with Gasteiger partial charge in [-0.15, -0.1) is 0 Å². The molecule has 0 unspecified atom stereocenters. The van der Waals surface area contributed by atoms with E-state index in [-0.39, 0.29) is 0 Å². The maximum Gasteiger partial charge on any atom is 0.0431 e. The smallest absolute Gasteiger partial charge is 0.0431 e. The summed E-state index contributed by atoms with van der Waals surface area (Å²) in [6.45, 7) is 1.24. The number of aliphatic hydroxyl groups is 1. The van der Waals surface area contributed by atoms with Crippen LogP contribution in [0.1, 0.15) is 56.4 Å². The molecule has 1 aliphatic carbocycles. The Bertz CT molecular complexity index is 327. The fourth-order valence-corrected chi connectivity index (χ4v) is 2.78. The van der Waals surface area contributed by atoms with Gasteiger partial charge in [-0.2, -0.15) is 0 Å². The van der Waals surface area contributed by atoms with Crippen molar-refractivity contribution in [2.75, 3.05) is 18.5 Å². The lowest BCUT2D eigenvalue weighted by molar-refractivity contribution is 0.286. The van der Waals surface area contributed by atoms with Crippen LogP contribution in [-0.4, -0.2) is 18.3 Å². The highest BCUT2D eigenvalue weighted by molar-refractivity contribution is 5.45. The minimum Gasteiger partial charge on any atom is -0.396 e. The molecular weight excluding hydrogens is 222 g/mol. The number of rotatable bonds is 6. The van der Waals surface area contributed by atoms with Gasteiger partial charge in [-0.25, -0.2) is 0 Å². The first-order valence-corrected chi connectivity index (χ1v) is 7.35. The predicted octanol–water partition coefficient (Wildman–Crippen LogP) is 3.92. The van der Waals surface area contributed by atoms with E-state index in [9.17, 15) is 0 Å². The van der Waals surface area contributed by atoms with Gasteiger partial charge in [0.25, 0.3) is 0 Å². The van der Waals surface area contributed by atoms with Crippen molar-refractivity contribution in [1.82, 2.24) is 0 Å². The molecule has 2 N–H and O–H groups in total. The third kappa shape index (κ3) is 4.02. The molecule has 0 aromatic heterocycles. The van der Waals surface area contributed by atoms with E-state index in [4.69, 9.17) is 5.11 Å². The van der Waals surface area contributed by atoms with E-state index in [2.05, 4.69) is 29.6 Å². The summed E-state index contributed by atoms with van der Waals surface area (Å²) in [5.74, 6) is 0.794. The first-order valence-electron chi connectivity index (χ1n) is 7.35. The third-order valence-electron chi connectivity index (χ3n) is 3.90. The number of benzene rings is 1. The van der Waals surface area contributed by atoms with Crippen LogP contribution >= 0.6 is 0 Å². The van der Waals surface area contributed by atoms with Gasteiger partial charge in [-0.05, 0) is 49.3 Å². The van der Waals surface area contributed by atoms with Crippen LogP contribution in [0.5, 0.6) is 0 Å². The van der Waals surface area contributed by atoms with Gasteiger partial charge in [0.05, 0.1) is 0 Å². The zero-order valence-corrected chi connectivity index (χ0v) is 11.2. The molecule has 1 aromatic rings. The molecule has 2 nitrogen and oxygen atoms in total. The molecule has 2 heteroatoms. The molecule has 0 amide bonds. The third-order valence-corrected chi connectivity index (χ3v) is 3.90. The van der Waals surface area contributed by atoms with Crippen LogP contribution in [-0.2, 0) is 0 Å². The Labute approximate surface area is 110 Å². The van der Waals surface area contributed by atoms with Crippen molar-refractivity contribution in [3.05, 3.63) is 29.8 Å². The number of nitrogens with one attached hydrogen (secondary N) is 1. The van der Waals surface area contributed by atoms with Crippen LogP contribution in [0.3, 0.4) is 0 Å². The number of anilines is 1. The SMILES string of the molecule is OCCCCNc1ccc(C2CCCCC2)cc1. The summed E-state index contributed by atoms with van der Waals surface area (Å²) in [5.41, 5.74) is 2.71. The normalized spacial score (nSPS) is 16.7. The summed E-state index contributed by atoms with van der Waals surface area (Å²) in [6, 6.07) is 8.96. The fraction of sp³-hybridized carbons (Fsp3) is 0.625. The molecule has 100 valence electrons. The topological polar surface area (TPSA) is 32.3 Å². The van der Waals surface area contributed by atoms with E-state index in [1.165, 1.54) is 43.4 Å². The number of hydrogen-bond acceptors (Lipinski definition) is 2. The lowest BCUT2D eigenvalue weighted by Crippen LogP contribution is -2.05. The molecule has 0 aliphatic heterocycles. The Morgan fingerprint density at radius 1 is 1.00 bits per heavy atom. The highest BCUT2D eigenvalue weighted by Crippen LogP contribution is 2.32. The summed E-state index contributed by atoms with van der Waals surface area (Å²) >= 11 is 0. The fourth-order valence-electron chi connectivity index (χ4n) is 2.78. The van der Waals surface area contributed by atoms with Gasteiger partial charge < -0.3 is 10.4 Å². The largest absolute Gasteiger partial charge is 0.396 e. The van der Waals surface area contributed by atoms with Crippen molar-refractivity contribution in [3.8, 4) is 0 Å². The van der Waals surface area contributed by atoms with Crippen molar-refractivity contribution >= 4 is 5.69 Å². The molecular formula is C16H25NO. The van der Waals surface area contributed by atoms with Gasteiger partial charge in [0.2, 0.25) is 0 Å². The molecule has 1 aliphatic rings. The van der Waals surface area contributed by atoms with Crippen molar-refractivity contribution in [1.29, 1.82) is 0 Å². The molecule has 1 fully saturated rings. The van der Waals surface area contributed by atoms with Gasteiger partial charge in [-0.1, -0.05) is 31.4 Å². The summed E-state index contributed by atoms with van der Waals surface area (Å²) in [7, 11) is 0. The molecule has 0 bridgehead atoms. The van der Waals surface area contributed by atoms with E-state index in [1.54, 1.807) is 0 Å². The highest BCUT2D eigenvalue weighted by atomic mass is 16.2. The predicted molar refractivity (Wildman–Crippen MR) is 77.1 cm³/mol. The molecule has 1 saturated carbocycles. The molecule has 0 radical (unpaired) electrons. The minimum absolute atomic E-state index is 0.294. The Balaban J connectivity index is 1.81. The zero-order chi connectivity index (χ0) is 12.6. The first kappa shape index (κ1) is 13.4. The first-order chi connectivity index (χ1) is 8.90. The van der Waals surface area contributed by atoms with E-state index in [1.807, 2.05) is 0 Å². The summed E-state index contributed by atoms with van der Waals surface area (Å²) in [5, 5.41) is 12.1. The van der Waals surface area contributed by atoms with Gasteiger partial charge >= 0.3 is 0 Å². The summed E-state index contributed by atoms with van der Waals surface area (Å²) in [4.78, 5) is 0. The number of unbranched alkanes of at least 4 members (excludes halogenated alkanes) is 1. The van der Waals surface area contributed by atoms with E-state index >= 15 is 0 Å². The van der Waals surface area contributed by atoms with E-state index in [0.717, 1.165) is 25.3 Å². The minimum atomic E-state index is 0.294. The van der Waals surface area contributed by atoms with Crippen LogP contribution in [0.15, 0.2) is 24.3 Å². The molecule has 0 spiro atoms. The van der Waals surface area contributed by atoms with Gasteiger partial charge in [-0.3, -0.25) is 0 Å². The maximum atomic E-state index is 8.72. The quantitative estimate of drug-likeness (QED) is 0.747. The van der Waals surface area contributed by atoms with E-state index in [0.29, 0.717) is 6.61 Å². The number of aliphatic hydroxyl groups excluding tert-OH is 1. The van der Waals surface area contributed by atoms with Crippen LogP contribution in [0.4, 0.5) is 5.69 Å². The zero-order valence-electron chi connectivity index (χ0n) is 11.2. The lowest BCUT2D eigenvalue weighted by atomic mass is 9.84. The van der Waals surface area contributed by atoms with Crippen LogP contribution in [0, 0.1) is 0 Å². The molecule has 2 rings (SSSR count). The molecule has 18 heavy (non-hydrogen) atoms. The Morgan fingerprint density at radius 3 is 2.39 bits per heavy atom. The standard InChI is InChI=1S/C16H25NO/c18-13-5-4-12-17-16-10-8-15(9-11-16)14-6-2-1-3-7-14/h8-11,14,17-18H,1-7,12-13H2. The second kappa shape index (κ2) is 7.42. The Kier molecular flexibility index (Phi) is 5.53. The second-order valence-corrected chi connectivity index (χ2v) is 5.31. The molecule has 0 heterocycles. The van der Waals surface area contributed by atoms with E-state index < -0.39 is 0 Å². The van der Waals surface area contributed by atoms with Crippen LogP contribution in [0.25, 0.3) is 0 Å². The average Bonchev–Trinajstić information content (AvgIpc) is 2.45. The molecule has 1 aromatic carbocycles. The Hall–Kier alpha value is -1.02. The molecule has 0 saturated heterocycles. The average molecular weight is 247 g/mol. The van der Waals surface area contributed by atoms with Crippen molar-refractivity contribution in [3.63, 3.8) is 0 Å². The lowest BCUT2D eigenvalue weighted by Gasteiger charge is -2.22. The summed E-state index contributed by atoms with van der Waals surface area (Å²) in [6.07, 6.45) is 8.85. The van der Waals surface area contributed by atoms with Gasteiger partial charge in [0, 0.05) is 18.8 Å². The van der Waals surface area contributed by atoms with Crippen molar-refractivity contribution in [2.45, 2.75) is 50.9 Å². The highest BCUT2D eigenvalue weighted by Gasteiger charge is 2.14. The monoisotopic (exact) mass is 247 g/mol. The number of hydrogen-bond donors (Lipinski definition) is 2. The van der Waals surface area contributed by atoms with Gasteiger partial charge in [0.15, 0.2) is 0 Å². The van der Waals surface area contributed by atoms with Crippen molar-refractivity contribution in [2.24, 2.45) is 0 Å². The summed E-state index contributed by atoms with van der Waals surface area (Å²) < 4.78 is 0. The van der Waals surface area contributed by atoms with Crippen LogP contribution in [0.2, 0.25) is 0 Å².